The number of nitrogens with zero attached hydrogens (tertiary/aromatic N) is 1. The molecule has 0 aliphatic rings. The van der Waals surface area contributed by atoms with Gasteiger partial charge in [0, 0.05) is 17.5 Å². The highest BCUT2D eigenvalue weighted by atomic mass is 16.4. The highest BCUT2D eigenvalue weighted by molar-refractivity contribution is 5.97. The smallest absolute Gasteiger partial charge is 0.303 e. The molecular formula is C22H21NO3. The van der Waals surface area contributed by atoms with Gasteiger partial charge in [-0.25, -0.2) is 0 Å². The van der Waals surface area contributed by atoms with E-state index >= 15 is 0 Å². The van der Waals surface area contributed by atoms with Gasteiger partial charge in [0.15, 0.2) is 0 Å². The Kier molecular flexibility index (Phi) is 5.32. The van der Waals surface area contributed by atoms with E-state index in [1.165, 1.54) is 0 Å². The molecule has 0 bridgehead atoms. The van der Waals surface area contributed by atoms with Gasteiger partial charge in [-0.15, -0.1) is 0 Å². The fourth-order valence-electron chi connectivity index (χ4n) is 3.33. The molecule has 0 amide bonds. The first-order chi connectivity index (χ1) is 12.6. The number of aryl methyl sites for hydroxylation is 1. The lowest BCUT2D eigenvalue weighted by Gasteiger charge is -2.02. The molecule has 4 nitrogen and oxygen atoms in total. The van der Waals surface area contributed by atoms with Gasteiger partial charge in [0.1, 0.15) is 0 Å². The number of carbonyl (C=O) groups excluding carboxylic acids is 1. The van der Waals surface area contributed by atoms with Gasteiger partial charge in [0.25, 0.3) is 0 Å². The average Bonchev–Trinajstić information content (AvgIpc) is 2.92. The van der Waals surface area contributed by atoms with E-state index in [1.807, 2.05) is 67.6 Å². The predicted molar refractivity (Wildman–Crippen MR) is 105 cm³/mol. The standard InChI is InChI=1S/C22H21NO3/c1-16-19(10-6-12-21(25)26)20-11-5-9-18(22(20)23(16)15-24)14-13-17-7-3-2-4-8-17/h2-5,7-9,11,13-15H,6,10,12H2,1H3,(H,25,26)/b14-13+. The Hall–Kier alpha value is -3.14. The van der Waals surface area contributed by atoms with Crippen molar-refractivity contribution in [2.45, 2.75) is 26.2 Å². The molecule has 1 heterocycles. The fourth-order valence-corrected chi connectivity index (χ4v) is 3.33. The van der Waals surface area contributed by atoms with Crippen molar-refractivity contribution in [3.63, 3.8) is 0 Å². The molecule has 0 aliphatic carbocycles. The number of hydrogen-bond acceptors (Lipinski definition) is 2. The second-order valence-corrected chi connectivity index (χ2v) is 6.27. The van der Waals surface area contributed by atoms with Gasteiger partial charge in [0.05, 0.1) is 5.52 Å². The number of fused-ring (bicyclic) bond motifs is 1. The topological polar surface area (TPSA) is 59.3 Å². The number of aromatic nitrogens is 1. The normalized spacial score (nSPS) is 11.3. The predicted octanol–water partition coefficient (Wildman–Crippen LogP) is 4.57. The number of para-hydroxylation sites is 1. The summed E-state index contributed by atoms with van der Waals surface area (Å²) in [6, 6.07) is 16.0. The maximum atomic E-state index is 11.7. The van der Waals surface area contributed by atoms with Gasteiger partial charge in [0.2, 0.25) is 6.41 Å². The third-order valence-electron chi connectivity index (χ3n) is 4.61. The summed E-state index contributed by atoms with van der Waals surface area (Å²) in [6.07, 6.45) is 6.19. The van der Waals surface area contributed by atoms with Gasteiger partial charge >= 0.3 is 5.97 Å². The first-order valence-corrected chi connectivity index (χ1v) is 8.64. The van der Waals surface area contributed by atoms with Crippen molar-refractivity contribution in [3.05, 3.63) is 70.9 Å². The summed E-state index contributed by atoms with van der Waals surface area (Å²) in [4.78, 5) is 22.5. The van der Waals surface area contributed by atoms with Crippen LogP contribution in [0.15, 0.2) is 48.5 Å². The third kappa shape index (κ3) is 3.59. The Balaban J connectivity index is 2.04. The molecule has 132 valence electrons. The Morgan fingerprint density at radius 2 is 1.85 bits per heavy atom. The van der Waals surface area contributed by atoms with Gasteiger partial charge in [-0.1, -0.05) is 60.7 Å². The van der Waals surface area contributed by atoms with E-state index in [0.717, 1.165) is 39.7 Å². The van der Waals surface area contributed by atoms with Crippen molar-refractivity contribution in [2.75, 3.05) is 0 Å². The average molecular weight is 347 g/mol. The molecule has 2 aromatic carbocycles. The summed E-state index contributed by atoms with van der Waals surface area (Å²) >= 11 is 0. The number of carboxylic acid groups (broad SMARTS) is 1. The lowest BCUT2D eigenvalue weighted by atomic mass is 10.0. The molecule has 0 radical (unpaired) electrons. The summed E-state index contributed by atoms with van der Waals surface area (Å²) in [5, 5.41) is 9.89. The number of benzene rings is 2. The lowest BCUT2D eigenvalue weighted by molar-refractivity contribution is -0.137. The number of carbonyl (C=O) groups is 2. The number of carboxylic acids is 1. The molecule has 1 N–H and O–H groups in total. The molecule has 1 aromatic heterocycles. The SMILES string of the molecule is Cc1c(CCCC(=O)O)c2cccc(/C=C/c3ccccc3)c2n1C=O. The molecule has 26 heavy (non-hydrogen) atoms. The first kappa shape index (κ1) is 17.7. The van der Waals surface area contributed by atoms with Crippen LogP contribution < -0.4 is 0 Å². The minimum Gasteiger partial charge on any atom is -0.481 e. The molecule has 0 atom stereocenters. The zero-order chi connectivity index (χ0) is 18.5. The highest BCUT2D eigenvalue weighted by Gasteiger charge is 2.15. The Bertz CT molecular complexity index is 968. The molecule has 0 spiro atoms. The molecule has 0 aliphatic heterocycles. The minimum atomic E-state index is -0.798. The van der Waals surface area contributed by atoms with Crippen molar-refractivity contribution in [1.82, 2.24) is 4.57 Å². The fraction of sp³-hybridized carbons (Fsp3) is 0.182. The maximum absolute atomic E-state index is 11.7. The third-order valence-corrected chi connectivity index (χ3v) is 4.61. The van der Waals surface area contributed by atoms with E-state index in [9.17, 15) is 9.59 Å². The molecule has 0 fully saturated rings. The van der Waals surface area contributed by atoms with E-state index in [4.69, 9.17) is 5.11 Å². The summed E-state index contributed by atoms with van der Waals surface area (Å²) in [7, 11) is 0. The lowest BCUT2D eigenvalue weighted by Crippen LogP contribution is -2.00. The van der Waals surface area contributed by atoms with Gasteiger partial charge in [-0.05, 0) is 36.5 Å². The van der Waals surface area contributed by atoms with E-state index in [-0.39, 0.29) is 6.42 Å². The summed E-state index contributed by atoms with van der Waals surface area (Å²) in [5.41, 5.74) is 4.85. The number of aliphatic carboxylic acids is 1. The van der Waals surface area contributed by atoms with Crippen LogP contribution >= 0.6 is 0 Å². The minimum absolute atomic E-state index is 0.126. The molecule has 0 saturated heterocycles. The van der Waals surface area contributed by atoms with Crippen LogP contribution in [0.4, 0.5) is 0 Å². The van der Waals surface area contributed by atoms with Crippen molar-refractivity contribution in [1.29, 1.82) is 0 Å². The maximum Gasteiger partial charge on any atom is 0.303 e. The molecule has 4 heteroatoms. The highest BCUT2D eigenvalue weighted by Crippen LogP contribution is 2.30. The van der Waals surface area contributed by atoms with Crippen LogP contribution in [0.5, 0.6) is 0 Å². The second-order valence-electron chi connectivity index (χ2n) is 6.27. The first-order valence-electron chi connectivity index (χ1n) is 8.64. The second kappa shape index (κ2) is 7.83. The summed E-state index contributed by atoms with van der Waals surface area (Å²) in [5.74, 6) is -0.798. The van der Waals surface area contributed by atoms with Crippen LogP contribution in [-0.4, -0.2) is 22.1 Å². The molecule has 0 unspecified atom stereocenters. The van der Waals surface area contributed by atoms with E-state index in [2.05, 4.69) is 0 Å². The number of hydrogen-bond donors (Lipinski definition) is 1. The Morgan fingerprint density at radius 3 is 2.54 bits per heavy atom. The van der Waals surface area contributed by atoms with Crippen molar-refractivity contribution in [2.24, 2.45) is 0 Å². The Labute approximate surface area is 152 Å². The van der Waals surface area contributed by atoms with Crippen LogP contribution in [0.3, 0.4) is 0 Å². The van der Waals surface area contributed by atoms with Gasteiger partial charge < -0.3 is 5.11 Å². The van der Waals surface area contributed by atoms with Crippen LogP contribution in [0, 0.1) is 6.92 Å². The van der Waals surface area contributed by atoms with Crippen LogP contribution in [-0.2, 0) is 16.0 Å². The van der Waals surface area contributed by atoms with Crippen molar-refractivity contribution < 1.29 is 14.7 Å². The molecular weight excluding hydrogens is 326 g/mol. The zero-order valence-corrected chi connectivity index (χ0v) is 14.7. The largest absolute Gasteiger partial charge is 0.481 e. The van der Waals surface area contributed by atoms with Gasteiger partial charge in [-0.2, -0.15) is 0 Å². The summed E-state index contributed by atoms with van der Waals surface area (Å²) in [6.45, 7) is 1.91. The monoisotopic (exact) mass is 347 g/mol. The Morgan fingerprint density at radius 1 is 1.08 bits per heavy atom. The molecule has 3 aromatic rings. The quantitative estimate of drug-likeness (QED) is 0.503. The van der Waals surface area contributed by atoms with Crippen molar-refractivity contribution in [3.8, 4) is 0 Å². The van der Waals surface area contributed by atoms with Gasteiger partial charge in [-0.3, -0.25) is 14.2 Å². The molecule has 0 saturated carbocycles. The molecule has 3 rings (SSSR count). The van der Waals surface area contributed by atoms with E-state index in [0.29, 0.717) is 12.8 Å². The van der Waals surface area contributed by atoms with E-state index in [1.54, 1.807) is 4.57 Å². The van der Waals surface area contributed by atoms with Crippen LogP contribution in [0.1, 0.15) is 35.2 Å². The van der Waals surface area contributed by atoms with Crippen LogP contribution in [0.25, 0.3) is 23.1 Å². The number of rotatable bonds is 7. The van der Waals surface area contributed by atoms with Crippen molar-refractivity contribution >= 4 is 35.4 Å². The van der Waals surface area contributed by atoms with E-state index < -0.39 is 5.97 Å². The summed E-state index contributed by atoms with van der Waals surface area (Å²) < 4.78 is 1.66. The van der Waals surface area contributed by atoms with Crippen LogP contribution in [0.2, 0.25) is 0 Å². The zero-order valence-electron chi connectivity index (χ0n) is 14.7.